The molecule has 3 aromatic carbocycles. The van der Waals surface area contributed by atoms with Crippen molar-refractivity contribution in [2.75, 3.05) is 26.2 Å². The van der Waals surface area contributed by atoms with Crippen molar-refractivity contribution >= 4 is 23.5 Å². The second-order valence-electron chi connectivity index (χ2n) is 8.85. The number of carbonyl (C=O) groups excluding carboxylic acids is 3. The zero-order valence-electron chi connectivity index (χ0n) is 23.5. The Morgan fingerprint density at radius 2 is 1.51 bits per heavy atom. The number of nitrogens with zero attached hydrogens (tertiary/aromatic N) is 1. The quantitative estimate of drug-likeness (QED) is 0.288. The minimum Gasteiger partial charge on any atom is -0.493 e. The van der Waals surface area contributed by atoms with Gasteiger partial charge in [-0.05, 0) is 47.5 Å². The molecule has 3 rings (SSSR count). The molecular formula is C29H30F3N3O8. The van der Waals surface area contributed by atoms with Crippen LogP contribution in [0.4, 0.5) is 18.9 Å². The highest BCUT2D eigenvalue weighted by atomic mass is 19.4. The molecule has 0 fully saturated rings. The Labute approximate surface area is 245 Å². The summed E-state index contributed by atoms with van der Waals surface area (Å²) < 4.78 is 59.5. The number of benzene rings is 3. The van der Waals surface area contributed by atoms with Crippen molar-refractivity contribution < 1.29 is 51.3 Å². The van der Waals surface area contributed by atoms with Gasteiger partial charge in [0.05, 0.1) is 33.6 Å². The Balaban J connectivity index is 1.94. The van der Waals surface area contributed by atoms with E-state index in [-0.39, 0.29) is 13.1 Å². The number of carbonyl (C=O) groups is 3. The van der Waals surface area contributed by atoms with Crippen LogP contribution in [-0.4, -0.2) is 45.3 Å². The van der Waals surface area contributed by atoms with Gasteiger partial charge in [-0.2, -0.15) is 18.7 Å². The SMILES string of the molecule is COc1cc(CN(C(=O)CCC(=O)NOC(=O)C(F)(F)F)c2ccccc2Oc2cccc(CN)c2)cc(OC)c1OC. The largest absolute Gasteiger partial charge is 0.493 e. The highest BCUT2D eigenvalue weighted by Crippen LogP contribution is 2.40. The molecule has 2 amide bonds. The molecule has 11 nitrogen and oxygen atoms in total. The molecule has 0 radical (unpaired) electrons. The zero-order valence-corrected chi connectivity index (χ0v) is 23.5. The van der Waals surface area contributed by atoms with E-state index in [1.54, 1.807) is 54.6 Å². The summed E-state index contributed by atoms with van der Waals surface area (Å²) in [7, 11) is 4.32. The van der Waals surface area contributed by atoms with Gasteiger partial charge in [-0.25, -0.2) is 4.79 Å². The lowest BCUT2D eigenvalue weighted by Crippen LogP contribution is -2.36. The summed E-state index contributed by atoms with van der Waals surface area (Å²) in [6.07, 6.45) is -6.35. The molecular weight excluding hydrogens is 575 g/mol. The van der Waals surface area contributed by atoms with E-state index in [4.69, 9.17) is 24.7 Å². The highest BCUT2D eigenvalue weighted by molar-refractivity contribution is 5.96. The van der Waals surface area contributed by atoms with E-state index >= 15 is 0 Å². The standard InChI is InChI=1S/C29H30F3N3O8/c1-39-23-14-19(15-24(40-2)27(23)41-3)17-35(26(37)12-11-25(36)34-43-28(38)29(30,31)32)21-9-4-5-10-22(21)42-20-8-6-7-18(13-20)16-33/h4-10,13-15H,11-12,16-17,33H2,1-3H3,(H,34,36). The van der Waals surface area contributed by atoms with E-state index in [9.17, 15) is 27.6 Å². The fourth-order valence-electron chi connectivity index (χ4n) is 3.91. The van der Waals surface area contributed by atoms with Crippen molar-refractivity contribution in [3.63, 3.8) is 0 Å². The molecule has 0 saturated carbocycles. The molecule has 0 bridgehead atoms. The first-order valence-corrected chi connectivity index (χ1v) is 12.7. The van der Waals surface area contributed by atoms with Gasteiger partial charge >= 0.3 is 12.1 Å². The number of para-hydroxylation sites is 2. The van der Waals surface area contributed by atoms with E-state index in [0.717, 1.165) is 5.56 Å². The molecule has 0 aliphatic heterocycles. The number of amides is 2. The van der Waals surface area contributed by atoms with E-state index in [2.05, 4.69) is 4.84 Å². The average molecular weight is 606 g/mol. The molecule has 3 N–H and O–H groups in total. The molecule has 0 saturated heterocycles. The maximum atomic E-state index is 13.6. The number of halogens is 3. The maximum absolute atomic E-state index is 13.6. The fourth-order valence-corrected chi connectivity index (χ4v) is 3.91. The van der Waals surface area contributed by atoms with Gasteiger partial charge in [-0.3, -0.25) is 9.59 Å². The van der Waals surface area contributed by atoms with Gasteiger partial charge < -0.3 is 34.4 Å². The van der Waals surface area contributed by atoms with Crippen LogP contribution < -0.4 is 35.1 Å². The zero-order chi connectivity index (χ0) is 31.6. The van der Waals surface area contributed by atoms with E-state index in [1.165, 1.54) is 31.7 Å². The van der Waals surface area contributed by atoms with Crippen LogP contribution in [0, 0.1) is 0 Å². The summed E-state index contributed by atoms with van der Waals surface area (Å²) in [6.45, 7) is 0.217. The summed E-state index contributed by atoms with van der Waals surface area (Å²) in [5.41, 5.74) is 8.84. The predicted molar refractivity (Wildman–Crippen MR) is 148 cm³/mol. The third-order valence-electron chi connectivity index (χ3n) is 5.94. The van der Waals surface area contributed by atoms with Crippen LogP contribution in [0.25, 0.3) is 0 Å². The monoisotopic (exact) mass is 605 g/mol. The molecule has 0 aliphatic carbocycles. The van der Waals surface area contributed by atoms with Gasteiger partial charge in [-0.1, -0.05) is 24.3 Å². The lowest BCUT2D eigenvalue weighted by Gasteiger charge is -2.26. The lowest BCUT2D eigenvalue weighted by atomic mass is 10.1. The number of hydrogen-bond donors (Lipinski definition) is 2. The number of anilines is 1. The van der Waals surface area contributed by atoms with Gasteiger partial charge in [0.2, 0.25) is 11.7 Å². The molecule has 14 heteroatoms. The van der Waals surface area contributed by atoms with Crippen LogP contribution in [0.1, 0.15) is 24.0 Å². The fraction of sp³-hybridized carbons (Fsp3) is 0.276. The van der Waals surface area contributed by atoms with Gasteiger partial charge in [0.15, 0.2) is 17.2 Å². The van der Waals surface area contributed by atoms with Crippen LogP contribution in [0.15, 0.2) is 60.7 Å². The third-order valence-corrected chi connectivity index (χ3v) is 5.94. The number of nitrogens with one attached hydrogen (secondary N) is 1. The Morgan fingerprint density at radius 1 is 0.837 bits per heavy atom. The van der Waals surface area contributed by atoms with Crippen molar-refractivity contribution in [3.8, 4) is 28.7 Å². The van der Waals surface area contributed by atoms with Gasteiger partial charge in [0, 0.05) is 19.4 Å². The Hall–Kier alpha value is -4.98. The minimum atomic E-state index is -5.30. The first kappa shape index (κ1) is 32.5. The molecule has 43 heavy (non-hydrogen) atoms. The summed E-state index contributed by atoms with van der Waals surface area (Å²) in [5, 5.41) is 0. The third kappa shape index (κ3) is 8.75. The van der Waals surface area contributed by atoms with Crippen LogP contribution >= 0.6 is 0 Å². The predicted octanol–water partition coefficient (Wildman–Crippen LogP) is 4.41. The second kappa shape index (κ2) is 14.8. The maximum Gasteiger partial charge on any atom is 0.493 e. The molecule has 0 aliphatic rings. The molecule has 0 aromatic heterocycles. The summed E-state index contributed by atoms with van der Waals surface area (Å²) in [6, 6.07) is 17.0. The summed E-state index contributed by atoms with van der Waals surface area (Å²) in [5.74, 6) is -2.56. The van der Waals surface area contributed by atoms with Crippen LogP contribution in [-0.2, 0) is 32.3 Å². The van der Waals surface area contributed by atoms with Gasteiger partial charge in [0.1, 0.15) is 5.75 Å². The van der Waals surface area contributed by atoms with Crippen LogP contribution in [0.5, 0.6) is 28.7 Å². The number of hydrogen-bond acceptors (Lipinski definition) is 9. The normalized spacial score (nSPS) is 10.9. The van der Waals surface area contributed by atoms with Gasteiger partial charge in [-0.15, -0.1) is 0 Å². The van der Waals surface area contributed by atoms with Crippen molar-refractivity contribution in [1.82, 2.24) is 5.48 Å². The van der Waals surface area contributed by atoms with Crippen molar-refractivity contribution in [2.24, 2.45) is 5.73 Å². The Bertz CT molecular complexity index is 1420. The molecule has 0 unspecified atom stereocenters. The molecule has 0 heterocycles. The second-order valence-corrected chi connectivity index (χ2v) is 8.85. The topological polar surface area (TPSA) is 139 Å². The molecule has 230 valence electrons. The van der Waals surface area contributed by atoms with Crippen molar-refractivity contribution in [1.29, 1.82) is 0 Å². The molecule has 0 atom stereocenters. The highest BCUT2D eigenvalue weighted by Gasteiger charge is 2.42. The minimum absolute atomic E-state index is 0.0660. The molecule has 0 spiro atoms. The Kier molecular flexibility index (Phi) is 11.2. The van der Waals surface area contributed by atoms with E-state index in [0.29, 0.717) is 40.0 Å². The number of ether oxygens (including phenoxy) is 4. The van der Waals surface area contributed by atoms with Crippen molar-refractivity contribution in [2.45, 2.75) is 32.1 Å². The van der Waals surface area contributed by atoms with E-state index in [1.807, 2.05) is 6.07 Å². The van der Waals surface area contributed by atoms with E-state index < -0.39 is 36.8 Å². The number of rotatable bonds is 12. The first-order chi connectivity index (χ1) is 20.5. The summed E-state index contributed by atoms with van der Waals surface area (Å²) >= 11 is 0. The molecule has 3 aromatic rings. The first-order valence-electron chi connectivity index (χ1n) is 12.7. The van der Waals surface area contributed by atoms with Crippen LogP contribution in [0.2, 0.25) is 0 Å². The number of methoxy groups -OCH3 is 3. The van der Waals surface area contributed by atoms with Gasteiger partial charge in [0.25, 0.3) is 5.91 Å². The number of hydroxylamine groups is 1. The van der Waals surface area contributed by atoms with Crippen LogP contribution in [0.3, 0.4) is 0 Å². The average Bonchev–Trinajstić information content (AvgIpc) is 3.00. The number of nitrogens with two attached hydrogens (primary N) is 1. The lowest BCUT2D eigenvalue weighted by molar-refractivity contribution is -0.207. The summed E-state index contributed by atoms with van der Waals surface area (Å²) in [4.78, 5) is 41.7. The van der Waals surface area contributed by atoms with Crippen molar-refractivity contribution in [3.05, 3.63) is 71.8 Å². The Morgan fingerprint density at radius 3 is 2.12 bits per heavy atom. The number of alkyl halides is 3. The smallest absolute Gasteiger partial charge is 0.493 e.